The number of hydrogen-bond donors (Lipinski definition) is 4. The molecule has 3 aromatic carbocycles. The monoisotopic (exact) mass is 626 g/mol. The third-order valence-corrected chi connectivity index (χ3v) is 8.11. The Labute approximate surface area is 256 Å². The van der Waals surface area contributed by atoms with Gasteiger partial charge in [-0.05, 0) is 46.9 Å². The summed E-state index contributed by atoms with van der Waals surface area (Å²) >= 11 is 18.9. The molecule has 9 nitrogen and oxygen atoms in total. The van der Waals surface area contributed by atoms with Crippen LogP contribution in [0.2, 0.25) is 15.1 Å². The van der Waals surface area contributed by atoms with Gasteiger partial charge in [0, 0.05) is 23.7 Å². The van der Waals surface area contributed by atoms with E-state index in [-0.39, 0.29) is 33.1 Å². The topological polar surface area (TPSA) is 128 Å². The van der Waals surface area contributed by atoms with Gasteiger partial charge in [0.1, 0.15) is 6.04 Å². The summed E-state index contributed by atoms with van der Waals surface area (Å²) < 4.78 is 0. The highest BCUT2D eigenvalue weighted by molar-refractivity contribution is 6.41. The highest BCUT2D eigenvalue weighted by atomic mass is 35.5. The van der Waals surface area contributed by atoms with Crippen molar-refractivity contribution in [3.8, 4) is 0 Å². The van der Waals surface area contributed by atoms with Gasteiger partial charge in [-0.2, -0.15) is 0 Å². The summed E-state index contributed by atoms with van der Waals surface area (Å²) in [5.41, 5.74) is 3.39. The van der Waals surface area contributed by atoms with E-state index in [1.54, 1.807) is 17.0 Å². The summed E-state index contributed by atoms with van der Waals surface area (Å²) in [4.78, 5) is 52.5. The molecular weight excluding hydrogens is 603 g/mol. The minimum atomic E-state index is -1.48. The van der Waals surface area contributed by atoms with Gasteiger partial charge in [0.25, 0.3) is 11.8 Å². The van der Waals surface area contributed by atoms with Gasteiger partial charge in [-0.25, -0.2) is 9.59 Å². The largest absolute Gasteiger partial charge is 0.480 e. The number of nitrogens with one attached hydrogen (secondary N) is 3. The third kappa shape index (κ3) is 6.23. The minimum Gasteiger partial charge on any atom is -0.480 e. The summed E-state index contributed by atoms with van der Waals surface area (Å²) in [6.07, 6.45) is 4.08. The number of aliphatic carboxylic acids is 1. The second kappa shape index (κ2) is 12.4. The average molecular weight is 628 g/mol. The van der Waals surface area contributed by atoms with Crippen LogP contribution in [0.25, 0.3) is 6.08 Å². The van der Waals surface area contributed by atoms with E-state index in [1.807, 2.05) is 48.6 Å². The van der Waals surface area contributed by atoms with E-state index in [2.05, 4.69) is 16.0 Å². The molecule has 12 heteroatoms. The maximum absolute atomic E-state index is 13.2. The number of carboxylic acid groups (broad SMARTS) is 1. The molecule has 1 aliphatic carbocycles. The minimum absolute atomic E-state index is 0.0176. The van der Waals surface area contributed by atoms with E-state index in [0.29, 0.717) is 30.1 Å². The molecule has 0 fully saturated rings. The Kier molecular flexibility index (Phi) is 8.72. The van der Waals surface area contributed by atoms with Gasteiger partial charge in [0.05, 0.1) is 28.2 Å². The normalized spacial score (nSPS) is 15.9. The van der Waals surface area contributed by atoms with Crippen molar-refractivity contribution in [1.29, 1.82) is 0 Å². The van der Waals surface area contributed by atoms with Gasteiger partial charge in [0.2, 0.25) is 0 Å². The number of hydrogen-bond acceptors (Lipinski definition) is 4. The lowest BCUT2D eigenvalue weighted by Gasteiger charge is -2.30. The number of nitrogens with zero attached hydrogens (tertiary/aromatic N) is 1. The molecule has 5 rings (SSSR count). The fourth-order valence-electron chi connectivity index (χ4n) is 4.98. The maximum atomic E-state index is 13.2. The van der Waals surface area contributed by atoms with E-state index < -0.39 is 30.5 Å². The summed E-state index contributed by atoms with van der Waals surface area (Å²) in [5.74, 6) is -2.50. The smallest absolute Gasteiger partial charge is 0.328 e. The first kappa shape index (κ1) is 29.4. The number of fused-ring (bicyclic) bond motifs is 2. The van der Waals surface area contributed by atoms with Crippen LogP contribution >= 0.6 is 34.8 Å². The van der Waals surface area contributed by atoms with E-state index in [0.717, 1.165) is 16.7 Å². The number of carbonyl (C=O) groups is 4. The highest BCUT2D eigenvalue weighted by Gasteiger charge is 2.32. The number of urea groups is 1. The Balaban J connectivity index is 1.24. The number of amides is 4. The van der Waals surface area contributed by atoms with E-state index >= 15 is 0 Å². The number of halogens is 3. The third-order valence-electron chi connectivity index (χ3n) is 7.14. The molecule has 0 spiro atoms. The SMILES string of the molecule is O=C(NC[C@H](NC(=O)c1c(Cl)cc2c(c1Cl)CCN(Cc1ccc(Cl)cc1)C2=O)C(=O)O)N[C@@H]1C=Cc2ccccc21. The summed E-state index contributed by atoms with van der Waals surface area (Å²) in [7, 11) is 0. The number of carboxylic acids is 1. The van der Waals surface area contributed by atoms with Crippen molar-refractivity contribution in [3.63, 3.8) is 0 Å². The van der Waals surface area contributed by atoms with Crippen LogP contribution in [0.3, 0.4) is 0 Å². The molecule has 0 bridgehead atoms. The number of carbonyl (C=O) groups excluding carboxylic acids is 3. The van der Waals surface area contributed by atoms with Crippen LogP contribution in [-0.4, -0.2) is 53.0 Å². The zero-order chi connectivity index (χ0) is 30.0. The predicted octanol–water partition coefficient (Wildman–Crippen LogP) is 5.10. The summed E-state index contributed by atoms with van der Waals surface area (Å²) in [6.45, 7) is 0.314. The second-order valence-electron chi connectivity index (χ2n) is 9.86. The van der Waals surface area contributed by atoms with Crippen LogP contribution in [0.15, 0.2) is 60.7 Å². The Bertz CT molecular complexity index is 1610. The first-order valence-electron chi connectivity index (χ1n) is 13.0. The zero-order valence-electron chi connectivity index (χ0n) is 22.0. The lowest BCUT2D eigenvalue weighted by atomic mass is 9.95. The van der Waals surface area contributed by atoms with Crippen LogP contribution in [-0.2, 0) is 17.8 Å². The molecule has 0 unspecified atom stereocenters. The fourth-order valence-corrected chi connectivity index (χ4v) is 5.82. The van der Waals surface area contributed by atoms with Crippen LogP contribution in [0.1, 0.15) is 49.0 Å². The van der Waals surface area contributed by atoms with Crippen molar-refractivity contribution >= 4 is 64.7 Å². The van der Waals surface area contributed by atoms with Gasteiger partial charge in [0.15, 0.2) is 0 Å². The Morgan fingerprint density at radius 1 is 1.05 bits per heavy atom. The fraction of sp³-hybridized carbons (Fsp3) is 0.200. The van der Waals surface area contributed by atoms with Crippen molar-refractivity contribution in [2.75, 3.05) is 13.1 Å². The Morgan fingerprint density at radius 3 is 2.52 bits per heavy atom. The standard InChI is InChI=1S/C30H25Cl3N4O5/c31-18-8-5-16(6-9-18)15-37-12-11-20-21(28(37)39)13-22(32)25(26(20)33)27(38)35-24(29(40)41)14-34-30(42)36-23-10-7-17-3-1-2-4-19(17)23/h1-10,13,23-24H,11-12,14-15H2,(H,35,38)(H,40,41)(H2,34,36,42)/t23-,24+/m1/s1. The molecule has 2 aliphatic rings. The number of rotatable bonds is 8. The second-order valence-corrected chi connectivity index (χ2v) is 11.1. The molecule has 2 atom stereocenters. The van der Waals surface area contributed by atoms with Crippen LogP contribution in [0, 0.1) is 0 Å². The van der Waals surface area contributed by atoms with Gasteiger partial charge in [-0.15, -0.1) is 0 Å². The van der Waals surface area contributed by atoms with E-state index in [4.69, 9.17) is 34.8 Å². The van der Waals surface area contributed by atoms with Crippen LogP contribution in [0.5, 0.6) is 0 Å². The molecule has 216 valence electrons. The van der Waals surface area contributed by atoms with Crippen molar-refractivity contribution in [2.24, 2.45) is 0 Å². The van der Waals surface area contributed by atoms with Gasteiger partial charge in [-0.3, -0.25) is 9.59 Å². The van der Waals surface area contributed by atoms with Gasteiger partial charge < -0.3 is 26.0 Å². The summed E-state index contributed by atoms with van der Waals surface area (Å²) in [6, 6.07) is 13.7. The Hall–Kier alpha value is -4.05. The van der Waals surface area contributed by atoms with Crippen molar-refractivity contribution < 1.29 is 24.3 Å². The van der Waals surface area contributed by atoms with Crippen molar-refractivity contribution in [1.82, 2.24) is 20.9 Å². The van der Waals surface area contributed by atoms with Gasteiger partial charge in [-0.1, -0.05) is 83.4 Å². The quantitative estimate of drug-likeness (QED) is 0.277. The molecular formula is C30H25Cl3N4O5. The highest BCUT2D eigenvalue weighted by Crippen LogP contribution is 2.35. The lowest BCUT2D eigenvalue weighted by molar-refractivity contribution is -0.139. The lowest BCUT2D eigenvalue weighted by Crippen LogP contribution is -2.50. The van der Waals surface area contributed by atoms with Crippen molar-refractivity contribution in [2.45, 2.75) is 25.0 Å². The van der Waals surface area contributed by atoms with Gasteiger partial charge >= 0.3 is 12.0 Å². The molecule has 0 saturated heterocycles. The molecule has 0 radical (unpaired) electrons. The molecule has 1 heterocycles. The first-order valence-corrected chi connectivity index (χ1v) is 14.2. The molecule has 42 heavy (non-hydrogen) atoms. The molecule has 3 aromatic rings. The maximum Gasteiger partial charge on any atom is 0.328 e. The predicted molar refractivity (Wildman–Crippen MR) is 160 cm³/mol. The Morgan fingerprint density at radius 2 is 1.79 bits per heavy atom. The van der Waals surface area contributed by atoms with Crippen LogP contribution in [0.4, 0.5) is 4.79 Å². The summed E-state index contributed by atoms with van der Waals surface area (Å²) in [5, 5.41) is 17.8. The molecule has 1 aliphatic heterocycles. The first-order chi connectivity index (χ1) is 20.1. The molecule has 4 N–H and O–H groups in total. The molecule has 0 saturated carbocycles. The number of benzene rings is 3. The average Bonchev–Trinajstić information content (AvgIpc) is 3.36. The zero-order valence-corrected chi connectivity index (χ0v) is 24.3. The van der Waals surface area contributed by atoms with E-state index in [9.17, 15) is 24.3 Å². The molecule has 4 amide bonds. The van der Waals surface area contributed by atoms with E-state index in [1.165, 1.54) is 6.07 Å². The van der Waals surface area contributed by atoms with Crippen LogP contribution < -0.4 is 16.0 Å². The van der Waals surface area contributed by atoms with Crippen molar-refractivity contribution in [3.05, 3.63) is 109 Å². The molecule has 0 aromatic heterocycles.